The highest BCUT2D eigenvalue weighted by Gasteiger charge is 2.51. The summed E-state index contributed by atoms with van der Waals surface area (Å²) in [6, 6.07) is 30.9. The standard InChI is InChI=1S/C26H19N/c1-16-10-12-20-21-13-11-17(27)15-25(21)26(24(20)14-16)22-8-4-2-6-18(22)19-7-3-5-9-23(19)26/h2-15H,27H2,1H3. The second kappa shape index (κ2) is 4.89. The van der Waals surface area contributed by atoms with Gasteiger partial charge in [-0.2, -0.15) is 0 Å². The summed E-state index contributed by atoms with van der Waals surface area (Å²) in [6.45, 7) is 2.18. The lowest BCUT2D eigenvalue weighted by molar-refractivity contribution is 0.793. The van der Waals surface area contributed by atoms with Gasteiger partial charge in [0, 0.05) is 5.69 Å². The van der Waals surface area contributed by atoms with Crippen molar-refractivity contribution >= 4 is 5.69 Å². The minimum Gasteiger partial charge on any atom is -0.399 e. The first-order valence-electron chi connectivity index (χ1n) is 9.42. The molecular formula is C26H19N. The highest BCUT2D eigenvalue weighted by Crippen LogP contribution is 2.62. The van der Waals surface area contributed by atoms with E-state index in [0.29, 0.717) is 0 Å². The topological polar surface area (TPSA) is 26.0 Å². The Kier molecular flexibility index (Phi) is 2.68. The average molecular weight is 345 g/mol. The minimum absolute atomic E-state index is 0.279. The normalized spacial score (nSPS) is 14.6. The second-order valence-electron chi connectivity index (χ2n) is 7.70. The van der Waals surface area contributed by atoms with Crippen molar-refractivity contribution < 1.29 is 0 Å². The monoisotopic (exact) mass is 345 g/mol. The smallest absolute Gasteiger partial charge is 0.0726 e. The number of nitrogens with two attached hydrogens (primary N) is 1. The molecule has 1 spiro atoms. The van der Waals surface area contributed by atoms with Crippen molar-refractivity contribution in [3.63, 3.8) is 0 Å². The Balaban J connectivity index is 1.88. The Morgan fingerprint density at radius 1 is 0.556 bits per heavy atom. The molecule has 0 radical (unpaired) electrons. The van der Waals surface area contributed by atoms with E-state index >= 15 is 0 Å². The first-order chi connectivity index (χ1) is 13.2. The summed E-state index contributed by atoms with van der Waals surface area (Å²) in [7, 11) is 0. The quantitative estimate of drug-likeness (QED) is 0.340. The van der Waals surface area contributed by atoms with Crippen molar-refractivity contribution in [1.82, 2.24) is 0 Å². The van der Waals surface area contributed by atoms with Crippen LogP contribution in [-0.4, -0.2) is 0 Å². The molecule has 4 aromatic carbocycles. The Bertz CT molecular complexity index is 1150. The van der Waals surface area contributed by atoms with E-state index in [0.717, 1.165) is 5.69 Å². The number of rotatable bonds is 0. The minimum atomic E-state index is -0.279. The molecule has 128 valence electrons. The fraction of sp³-hybridized carbons (Fsp3) is 0.0769. The van der Waals surface area contributed by atoms with E-state index < -0.39 is 0 Å². The molecule has 0 unspecified atom stereocenters. The molecule has 0 amide bonds. The van der Waals surface area contributed by atoms with Crippen molar-refractivity contribution in [2.24, 2.45) is 0 Å². The lowest BCUT2D eigenvalue weighted by Crippen LogP contribution is -2.26. The van der Waals surface area contributed by atoms with Crippen LogP contribution in [0.5, 0.6) is 0 Å². The molecule has 0 saturated carbocycles. The molecule has 1 heteroatoms. The van der Waals surface area contributed by atoms with E-state index in [1.54, 1.807) is 0 Å². The summed E-state index contributed by atoms with van der Waals surface area (Å²) in [4.78, 5) is 0. The van der Waals surface area contributed by atoms with E-state index in [2.05, 4.69) is 85.8 Å². The molecule has 1 nitrogen and oxygen atoms in total. The highest BCUT2D eigenvalue weighted by atomic mass is 14.6. The first kappa shape index (κ1) is 14.8. The Morgan fingerprint density at radius 2 is 1.07 bits per heavy atom. The number of anilines is 1. The molecule has 6 rings (SSSR count). The van der Waals surface area contributed by atoms with Crippen molar-refractivity contribution in [3.8, 4) is 22.3 Å². The van der Waals surface area contributed by atoms with E-state index in [1.165, 1.54) is 50.1 Å². The Hall–Kier alpha value is -3.32. The van der Waals surface area contributed by atoms with Crippen LogP contribution >= 0.6 is 0 Å². The van der Waals surface area contributed by atoms with Gasteiger partial charge in [0.15, 0.2) is 0 Å². The average Bonchev–Trinajstić information content (AvgIpc) is 3.14. The van der Waals surface area contributed by atoms with Gasteiger partial charge in [0.1, 0.15) is 0 Å². The van der Waals surface area contributed by atoms with Crippen LogP contribution in [0.25, 0.3) is 22.3 Å². The Morgan fingerprint density at radius 3 is 1.74 bits per heavy atom. The molecule has 0 aliphatic heterocycles. The number of nitrogen functional groups attached to an aromatic ring is 1. The summed E-state index contributed by atoms with van der Waals surface area (Å²) in [6.07, 6.45) is 0. The number of hydrogen-bond donors (Lipinski definition) is 1. The van der Waals surface area contributed by atoms with Crippen LogP contribution in [0.3, 0.4) is 0 Å². The molecule has 4 aromatic rings. The zero-order chi connectivity index (χ0) is 18.2. The molecule has 0 heterocycles. The van der Waals surface area contributed by atoms with E-state index in [1.807, 2.05) is 6.07 Å². The van der Waals surface area contributed by atoms with Gasteiger partial charge in [-0.25, -0.2) is 0 Å². The number of benzene rings is 4. The van der Waals surface area contributed by atoms with Crippen molar-refractivity contribution in [2.75, 3.05) is 5.73 Å². The molecule has 0 bridgehead atoms. The maximum absolute atomic E-state index is 6.29. The van der Waals surface area contributed by atoms with E-state index in [-0.39, 0.29) is 5.41 Å². The van der Waals surface area contributed by atoms with Gasteiger partial charge >= 0.3 is 0 Å². The lowest BCUT2D eigenvalue weighted by Gasteiger charge is -2.30. The van der Waals surface area contributed by atoms with E-state index in [9.17, 15) is 0 Å². The summed E-state index contributed by atoms with van der Waals surface area (Å²) >= 11 is 0. The van der Waals surface area contributed by atoms with Crippen molar-refractivity contribution in [1.29, 1.82) is 0 Å². The van der Waals surface area contributed by atoms with Gasteiger partial charge in [-0.1, -0.05) is 78.4 Å². The third-order valence-corrected chi connectivity index (χ3v) is 6.27. The molecule has 2 aliphatic rings. The zero-order valence-electron chi connectivity index (χ0n) is 15.2. The number of fused-ring (bicyclic) bond motifs is 10. The van der Waals surface area contributed by atoms with Gasteiger partial charge in [-0.15, -0.1) is 0 Å². The van der Waals surface area contributed by atoms with Crippen LogP contribution in [0.2, 0.25) is 0 Å². The van der Waals surface area contributed by atoms with Crippen molar-refractivity contribution in [2.45, 2.75) is 12.3 Å². The van der Waals surface area contributed by atoms with Crippen LogP contribution in [0, 0.1) is 6.92 Å². The Labute approximate surface area is 159 Å². The molecule has 2 aliphatic carbocycles. The lowest BCUT2D eigenvalue weighted by atomic mass is 9.70. The van der Waals surface area contributed by atoms with Crippen LogP contribution in [0.15, 0.2) is 84.9 Å². The maximum Gasteiger partial charge on any atom is 0.0726 e. The number of hydrogen-bond acceptors (Lipinski definition) is 1. The predicted molar refractivity (Wildman–Crippen MR) is 112 cm³/mol. The van der Waals surface area contributed by atoms with Gasteiger partial charge in [0.05, 0.1) is 5.41 Å². The van der Waals surface area contributed by atoms with Gasteiger partial charge in [-0.3, -0.25) is 0 Å². The second-order valence-corrected chi connectivity index (χ2v) is 7.70. The number of aryl methyl sites for hydroxylation is 1. The fourth-order valence-electron chi connectivity index (χ4n) is 5.27. The SMILES string of the molecule is Cc1ccc2c(c1)C1(c3ccccc3-c3ccccc31)c1cc(N)ccc1-2. The van der Waals surface area contributed by atoms with Gasteiger partial charge in [0.2, 0.25) is 0 Å². The fourth-order valence-corrected chi connectivity index (χ4v) is 5.27. The van der Waals surface area contributed by atoms with Crippen LogP contribution in [-0.2, 0) is 5.41 Å². The van der Waals surface area contributed by atoms with Crippen LogP contribution < -0.4 is 5.73 Å². The van der Waals surface area contributed by atoms with Gasteiger partial charge in [-0.05, 0) is 63.6 Å². The van der Waals surface area contributed by atoms with Gasteiger partial charge < -0.3 is 5.73 Å². The highest BCUT2D eigenvalue weighted by molar-refractivity contribution is 5.95. The zero-order valence-corrected chi connectivity index (χ0v) is 15.2. The molecule has 0 fully saturated rings. The molecule has 2 N–H and O–H groups in total. The first-order valence-corrected chi connectivity index (χ1v) is 9.42. The maximum atomic E-state index is 6.29. The predicted octanol–water partition coefficient (Wildman–Crippen LogP) is 5.92. The summed E-state index contributed by atoms with van der Waals surface area (Å²) in [5.41, 5.74) is 18.8. The third-order valence-electron chi connectivity index (χ3n) is 6.27. The summed E-state index contributed by atoms with van der Waals surface area (Å²) in [5, 5.41) is 0. The molecule has 0 aromatic heterocycles. The van der Waals surface area contributed by atoms with Gasteiger partial charge in [0.25, 0.3) is 0 Å². The molecular weight excluding hydrogens is 326 g/mol. The van der Waals surface area contributed by atoms with Crippen LogP contribution in [0.4, 0.5) is 5.69 Å². The molecule has 0 saturated heterocycles. The summed E-state index contributed by atoms with van der Waals surface area (Å²) < 4.78 is 0. The molecule has 27 heavy (non-hydrogen) atoms. The van der Waals surface area contributed by atoms with Crippen LogP contribution in [0.1, 0.15) is 27.8 Å². The largest absolute Gasteiger partial charge is 0.399 e. The molecule has 0 atom stereocenters. The van der Waals surface area contributed by atoms with Crippen molar-refractivity contribution in [3.05, 3.63) is 113 Å². The van der Waals surface area contributed by atoms with E-state index in [4.69, 9.17) is 5.73 Å². The third kappa shape index (κ3) is 1.65. The summed E-state index contributed by atoms with van der Waals surface area (Å²) in [5.74, 6) is 0.